The first-order valence-corrected chi connectivity index (χ1v) is 8.36. The first-order valence-electron chi connectivity index (χ1n) is 8.36. The molecule has 0 aliphatic heterocycles. The number of alkyl carbamates (subject to hydrolysis) is 1. The van der Waals surface area contributed by atoms with Gasteiger partial charge in [0.05, 0.1) is 0 Å². The zero-order valence-electron chi connectivity index (χ0n) is 13.6. The van der Waals surface area contributed by atoms with E-state index in [0.29, 0.717) is 5.41 Å². The van der Waals surface area contributed by atoms with E-state index < -0.39 is 0 Å². The second-order valence-electron chi connectivity index (χ2n) is 7.49. The van der Waals surface area contributed by atoms with Crippen LogP contribution in [0.5, 0.6) is 0 Å². The predicted octanol–water partition coefficient (Wildman–Crippen LogP) is 4.51. The van der Waals surface area contributed by atoms with Crippen molar-refractivity contribution in [2.75, 3.05) is 6.54 Å². The van der Waals surface area contributed by atoms with Crippen molar-refractivity contribution in [1.82, 2.24) is 5.32 Å². The smallest absolute Gasteiger partial charge is 0.407 e. The Bertz CT molecular complexity index is 353. The van der Waals surface area contributed by atoms with Crippen LogP contribution in [0.25, 0.3) is 0 Å². The summed E-state index contributed by atoms with van der Waals surface area (Å²) in [5, 5.41) is 2.91. The molecule has 2 aliphatic carbocycles. The fraction of sp³-hybridized carbons (Fsp3) is 0.941. The number of ether oxygens (including phenoxy) is 1. The molecule has 20 heavy (non-hydrogen) atoms. The lowest BCUT2D eigenvalue weighted by molar-refractivity contribution is -0.00415. The number of nitrogens with one attached hydrogen (secondary N) is 1. The topological polar surface area (TPSA) is 38.3 Å². The van der Waals surface area contributed by atoms with Gasteiger partial charge in [0.2, 0.25) is 0 Å². The van der Waals surface area contributed by atoms with E-state index in [0.717, 1.165) is 25.3 Å². The van der Waals surface area contributed by atoms with E-state index in [2.05, 4.69) is 33.0 Å². The van der Waals surface area contributed by atoms with Crippen LogP contribution < -0.4 is 5.32 Å². The minimum absolute atomic E-state index is 0.104. The number of hydrogen-bond donors (Lipinski definition) is 1. The van der Waals surface area contributed by atoms with E-state index in [4.69, 9.17) is 4.74 Å². The average Bonchev–Trinajstić information content (AvgIpc) is 2.71. The number of carbonyl (C=O) groups is 1. The Labute approximate surface area is 123 Å². The molecule has 0 spiro atoms. The molecular weight excluding hydrogens is 250 g/mol. The zero-order chi connectivity index (χ0) is 14.8. The molecular formula is C17H31NO2. The summed E-state index contributed by atoms with van der Waals surface area (Å²) in [6.45, 7) is 9.93. The first-order chi connectivity index (χ1) is 9.41. The van der Waals surface area contributed by atoms with Gasteiger partial charge >= 0.3 is 6.09 Å². The van der Waals surface area contributed by atoms with Gasteiger partial charge in [-0.3, -0.25) is 0 Å². The van der Waals surface area contributed by atoms with Crippen molar-refractivity contribution in [2.24, 2.45) is 16.7 Å². The Morgan fingerprint density at radius 2 is 2.00 bits per heavy atom. The number of amides is 1. The second-order valence-corrected chi connectivity index (χ2v) is 7.49. The molecule has 3 nitrogen and oxygen atoms in total. The van der Waals surface area contributed by atoms with Crippen molar-refractivity contribution in [3.8, 4) is 0 Å². The lowest BCUT2D eigenvalue weighted by Gasteiger charge is -2.38. The summed E-state index contributed by atoms with van der Waals surface area (Å²) in [5.41, 5.74) is 0.469. The molecule has 0 aromatic heterocycles. The Morgan fingerprint density at radius 3 is 2.55 bits per heavy atom. The molecule has 1 amide bonds. The maximum absolute atomic E-state index is 11.9. The lowest BCUT2D eigenvalue weighted by atomic mass is 9.70. The number of unbranched alkanes of at least 4 members (excludes halogenated alkanes) is 3. The third-order valence-electron chi connectivity index (χ3n) is 6.26. The van der Waals surface area contributed by atoms with Crippen LogP contribution in [-0.2, 0) is 4.74 Å². The summed E-state index contributed by atoms with van der Waals surface area (Å²) < 4.78 is 5.74. The second kappa shape index (κ2) is 5.95. The third kappa shape index (κ3) is 2.68. The summed E-state index contributed by atoms with van der Waals surface area (Å²) in [6, 6.07) is 0. The number of carbonyl (C=O) groups excluding carboxylic acids is 1. The summed E-state index contributed by atoms with van der Waals surface area (Å²) in [6.07, 6.45) is 8.14. The fourth-order valence-corrected chi connectivity index (χ4v) is 4.22. The van der Waals surface area contributed by atoms with Crippen molar-refractivity contribution in [3.63, 3.8) is 0 Å². The van der Waals surface area contributed by atoms with Gasteiger partial charge in [0.15, 0.2) is 0 Å². The molecule has 2 rings (SSSR count). The van der Waals surface area contributed by atoms with Crippen LogP contribution in [-0.4, -0.2) is 18.7 Å². The standard InChI is InChI=1S/C17H31NO2/c1-5-6-7-8-11-18-15(19)20-14-12-13-9-10-17(14,4)16(13,2)3/h13-14H,5-12H2,1-4H3,(H,18,19)/t13-,14-,17-/m0/s1. The number of rotatable bonds is 6. The van der Waals surface area contributed by atoms with Crippen LogP contribution >= 0.6 is 0 Å². The summed E-state index contributed by atoms with van der Waals surface area (Å²) in [7, 11) is 0. The molecule has 116 valence electrons. The quantitative estimate of drug-likeness (QED) is 0.728. The van der Waals surface area contributed by atoms with Crippen molar-refractivity contribution in [1.29, 1.82) is 0 Å². The maximum atomic E-state index is 11.9. The van der Waals surface area contributed by atoms with Crippen molar-refractivity contribution < 1.29 is 9.53 Å². The molecule has 0 radical (unpaired) electrons. The lowest BCUT2D eigenvalue weighted by Crippen LogP contribution is -2.40. The Kier molecular flexibility index (Phi) is 4.66. The fourth-order valence-electron chi connectivity index (χ4n) is 4.22. The molecule has 1 N–H and O–H groups in total. The van der Waals surface area contributed by atoms with Gasteiger partial charge in [0.25, 0.3) is 0 Å². The van der Waals surface area contributed by atoms with Gasteiger partial charge in [-0.2, -0.15) is 0 Å². The number of fused-ring (bicyclic) bond motifs is 2. The van der Waals surface area contributed by atoms with E-state index in [1.165, 1.54) is 32.1 Å². The van der Waals surface area contributed by atoms with E-state index >= 15 is 0 Å². The third-order valence-corrected chi connectivity index (χ3v) is 6.26. The van der Waals surface area contributed by atoms with Gasteiger partial charge in [-0.05, 0) is 37.0 Å². The van der Waals surface area contributed by atoms with Gasteiger partial charge in [-0.1, -0.05) is 47.0 Å². The predicted molar refractivity (Wildman–Crippen MR) is 81.6 cm³/mol. The molecule has 2 fully saturated rings. The molecule has 2 saturated carbocycles. The van der Waals surface area contributed by atoms with Crippen LogP contribution in [0.2, 0.25) is 0 Å². The highest BCUT2D eigenvalue weighted by Crippen LogP contribution is 2.66. The Morgan fingerprint density at radius 1 is 1.25 bits per heavy atom. The van der Waals surface area contributed by atoms with Crippen LogP contribution in [0, 0.1) is 16.7 Å². The molecule has 2 aliphatic rings. The summed E-state index contributed by atoms with van der Waals surface area (Å²) >= 11 is 0. The van der Waals surface area contributed by atoms with Gasteiger partial charge in [-0.25, -0.2) is 4.79 Å². The highest BCUT2D eigenvalue weighted by molar-refractivity contribution is 5.67. The molecule has 2 bridgehead atoms. The van der Waals surface area contributed by atoms with E-state index in [9.17, 15) is 4.79 Å². The summed E-state index contributed by atoms with van der Waals surface area (Å²) in [4.78, 5) is 11.9. The monoisotopic (exact) mass is 281 g/mol. The largest absolute Gasteiger partial charge is 0.446 e. The van der Waals surface area contributed by atoms with Crippen molar-refractivity contribution >= 4 is 6.09 Å². The molecule has 0 unspecified atom stereocenters. The van der Waals surface area contributed by atoms with Crippen LogP contribution in [0.4, 0.5) is 4.79 Å². The first kappa shape index (κ1) is 15.7. The number of hydrogen-bond acceptors (Lipinski definition) is 2. The van der Waals surface area contributed by atoms with Gasteiger partial charge in [0, 0.05) is 12.0 Å². The SMILES string of the molecule is CCCCCCNC(=O)O[C@H]1C[C@@H]2CC[C@]1(C)C2(C)C. The zero-order valence-corrected chi connectivity index (χ0v) is 13.6. The molecule has 0 saturated heterocycles. The summed E-state index contributed by atoms with van der Waals surface area (Å²) in [5.74, 6) is 0.717. The van der Waals surface area contributed by atoms with Crippen LogP contribution in [0.1, 0.15) is 72.6 Å². The highest BCUT2D eigenvalue weighted by Gasteiger charge is 2.62. The average molecular weight is 281 g/mol. The van der Waals surface area contributed by atoms with Gasteiger partial charge in [-0.15, -0.1) is 0 Å². The maximum Gasteiger partial charge on any atom is 0.407 e. The molecule has 0 aromatic rings. The molecule has 0 heterocycles. The van der Waals surface area contributed by atoms with Gasteiger partial charge < -0.3 is 10.1 Å². The highest BCUT2D eigenvalue weighted by atomic mass is 16.6. The molecule has 3 heteroatoms. The van der Waals surface area contributed by atoms with Crippen LogP contribution in [0.15, 0.2) is 0 Å². The molecule has 0 aromatic carbocycles. The Hall–Kier alpha value is -0.730. The van der Waals surface area contributed by atoms with Crippen LogP contribution in [0.3, 0.4) is 0 Å². The van der Waals surface area contributed by atoms with Gasteiger partial charge in [0.1, 0.15) is 6.10 Å². The normalized spacial score (nSPS) is 34.2. The minimum atomic E-state index is -0.212. The Balaban J connectivity index is 1.76. The van der Waals surface area contributed by atoms with Crippen molar-refractivity contribution in [2.45, 2.75) is 78.7 Å². The van der Waals surface area contributed by atoms with E-state index in [-0.39, 0.29) is 17.6 Å². The minimum Gasteiger partial charge on any atom is -0.446 e. The van der Waals surface area contributed by atoms with E-state index in [1.54, 1.807) is 0 Å². The van der Waals surface area contributed by atoms with E-state index in [1.807, 2.05) is 0 Å². The van der Waals surface area contributed by atoms with Crippen molar-refractivity contribution in [3.05, 3.63) is 0 Å². The molecule has 3 atom stereocenters.